The zero-order valence-electron chi connectivity index (χ0n) is 17.8. The normalized spacial score (nSPS) is 17.9. The maximum atomic E-state index is 13.2. The Morgan fingerprint density at radius 2 is 1.70 bits per heavy atom. The number of piperidine rings is 1. The molecule has 0 aliphatic carbocycles. The number of nitrogens with zero attached hydrogens (tertiary/aromatic N) is 4. The maximum absolute atomic E-state index is 13.2. The average Bonchev–Trinajstić information content (AvgIpc) is 3.23. The Morgan fingerprint density at radius 1 is 1.03 bits per heavy atom. The van der Waals surface area contributed by atoms with Crippen LogP contribution in [0.5, 0.6) is 0 Å². The molecule has 0 bridgehead atoms. The summed E-state index contributed by atoms with van der Waals surface area (Å²) in [4.78, 5) is 29.7. The molecule has 2 fully saturated rings. The third-order valence-electron chi connectivity index (χ3n) is 6.17. The number of morpholine rings is 1. The van der Waals surface area contributed by atoms with Crippen molar-refractivity contribution in [2.75, 3.05) is 39.4 Å². The van der Waals surface area contributed by atoms with Crippen molar-refractivity contribution in [3.63, 3.8) is 0 Å². The van der Waals surface area contributed by atoms with Crippen LogP contribution in [0, 0.1) is 12.8 Å². The molecule has 1 aromatic carbocycles. The van der Waals surface area contributed by atoms with E-state index in [1.165, 1.54) is 5.56 Å². The average molecular weight is 411 g/mol. The van der Waals surface area contributed by atoms with Crippen LogP contribution in [0.25, 0.3) is 5.69 Å². The number of hydrogen-bond acceptors (Lipinski definition) is 4. The number of amides is 2. The Kier molecular flexibility index (Phi) is 6.18. The molecule has 3 heterocycles. The zero-order chi connectivity index (χ0) is 21.1. The van der Waals surface area contributed by atoms with E-state index < -0.39 is 0 Å². The second-order valence-electron chi connectivity index (χ2n) is 8.11. The molecule has 30 heavy (non-hydrogen) atoms. The van der Waals surface area contributed by atoms with Gasteiger partial charge in [-0.15, -0.1) is 0 Å². The van der Waals surface area contributed by atoms with Crippen molar-refractivity contribution < 1.29 is 14.3 Å². The molecule has 0 N–H and O–H groups in total. The van der Waals surface area contributed by atoms with E-state index in [1.54, 1.807) is 6.20 Å². The summed E-state index contributed by atoms with van der Waals surface area (Å²) in [5, 5.41) is 4.50. The Labute approximate surface area is 177 Å². The lowest BCUT2D eigenvalue weighted by Gasteiger charge is -2.35. The summed E-state index contributed by atoms with van der Waals surface area (Å²) >= 11 is 0. The minimum absolute atomic E-state index is 0.00748. The molecule has 2 aromatic rings. The lowest BCUT2D eigenvalue weighted by atomic mass is 9.94. The van der Waals surface area contributed by atoms with Crippen molar-refractivity contribution >= 4 is 11.8 Å². The van der Waals surface area contributed by atoms with E-state index in [2.05, 4.69) is 12.0 Å². The molecule has 0 spiro atoms. The van der Waals surface area contributed by atoms with Crippen LogP contribution < -0.4 is 0 Å². The van der Waals surface area contributed by atoms with Gasteiger partial charge < -0.3 is 14.5 Å². The highest BCUT2D eigenvalue weighted by molar-refractivity contribution is 5.95. The number of carbonyl (C=O) groups excluding carboxylic acids is 2. The number of carbonyl (C=O) groups is 2. The van der Waals surface area contributed by atoms with E-state index in [4.69, 9.17) is 4.74 Å². The van der Waals surface area contributed by atoms with Gasteiger partial charge in [-0.2, -0.15) is 5.10 Å². The Morgan fingerprint density at radius 3 is 2.33 bits per heavy atom. The van der Waals surface area contributed by atoms with Crippen LogP contribution in [0.2, 0.25) is 0 Å². The van der Waals surface area contributed by atoms with Gasteiger partial charge in [0.2, 0.25) is 5.91 Å². The van der Waals surface area contributed by atoms with Crippen LogP contribution in [0.3, 0.4) is 0 Å². The first-order valence-corrected chi connectivity index (χ1v) is 10.9. The third kappa shape index (κ3) is 4.12. The van der Waals surface area contributed by atoms with Gasteiger partial charge in [-0.3, -0.25) is 9.59 Å². The quantitative estimate of drug-likeness (QED) is 0.777. The molecular formula is C23H30N4O3. The summed E-state index contributed by atoms with van der Waals surface area (Å²) in [5.74, 6) is 0.238. The molecule has 2 aliphatic heterocycles. The monoisotopic (exact) mass is 410 g/mol. The topological polar surface area (TPSA) is 67.7 Å². The SMILES string of the molecule is CCc1c(C(=O)N2CCC(C(=O)N3CCOCC3)CC2)cnn1-c1ccc(C)cc1. The highest BCUT2D eigenvalue weighted by Crippen LogP contribution is 2.24. The van der Waals surface area contributed by atoms with Gasteiger partial charge in [-0.25, -0.2) is 4.68 Å². The van der Waals surface area contributed by atoms with Crippen LogP contribution in [0.1, 0.15) is 41.4 Å². The van der Waals surface area contributed by atoms with Crippen molar-refractivity contribution in [3.05, 3.63) is 47.3 Å². The minimum atomic E-state index is 0.00748. The second kappa shape index (κ2) is 9.00. The molecular weight excluding hydrogens is 380 g/mol. The first-order valence-electron chi connectivity index (χ1n) is 10.9. The van der Waals surface area contributed by atoms with Gasteiger partial charge in [0, 0.05) is 32.1 Å². The van der Waals surface area contributed by atoms with Crippen LogP contribution in [-0.4, -0.2) is 70.8 Å². The lowest BCUT2D eigenvalue weighted by Crippen LogP contribution is -2.47. The number of rotatable bonds is 4. The predicted molar refractivity (Wildman–Crippen MR) is 114 cm³/mol. The van der Waals surface area contributed by atoms with Crippen LogP contribution in [0.4, 0.5) is 0 Å². The smallest absolute Gasteiger partial charge is 0.257 e. The summed E-state index contributed by atoms with van der Waals surface area (Å²) in [7, 11) is 0. The van der Waals surface area contributed by atoms with Crippen molar-refractivity contribution in [2.45, 2.75) is 33.1 Å². The van der Waals surface area contributed by atoms with Gasteiger partial charge in [0.1, 0.15) is 0 Å². The maximum Gasteiger partial charge on any atom is 0.257 e. The summed E-state index contributed by atoms with van der Waals surface area (Å²) in [5.41, 5.74) is 3.74. The number of hydrogen-bond donors (Lipinski definition) is 0. The molecule has 0 unspecified atom stereocenters. The molecule has 2 aliphatic rings. The first kappa shape index (κ1) is 20.6. The summed E-state index contributed by atoms with van der Waals surface area (Å²) in [6.07, 6.45) is 3.85. The van der Waals surface area contributed by atoms with E-state index in [0.29, 0.717) is 45.0 Å². The molecule has 2 amide bonds. The van der Waals surface area contributed by atoms with Gasteiger partial charge in [0.25, 0.3) is 5.91 Å². The number of likely N-dealkylation sites (tertiary alicyclic amines) is 1. The Balaban J connectivity index is 1.43. The molecule has 7 nitrogen and oxygen atoms in total. The van der Waals surface area contributed by atoms with E-state index in [1.807, 2.05) is 45.7 Å². The van der Waals surface area contributed by atoms with Crippen LogP contribution in [-0.2, 0) is 16.0 Å². The largest absolute Gasteiger partial charge is 0.378 e. The molecule has 7 heteroatoms. The van der Waals surface area contributed by atoms with E-state index in [-0.39, 0.29) is 17.7 Å². The van der Waals surface area contributed by atoms with E-state index in [0.717, 1.165) is 30.6 Å². The molecule has 4 rings (SSSR count). The van der Waals surface area contributed by atoms with Crippen molar-refractivity contribution in [3.8, 4) is 5.69 Å². The highest BCUT2D eigenvalue weighted by Gasteiger charge is 2.32. The van der Waals surface area contributed by atoms with Gasteiger partial charge in [-0.05, 0) is 38.3 Å². The van der Waals surface area contributed by atoms with E-state index in [9.17, 15) is 9.59 Å². The van der Waals surface area contributed by atoms with Gasteiger partial charge in [0.05, 0.1) is 36.4 Å². The standard InChI is InChI=1S/C23H30N4O3/c1-3-21-20(16-24-27(21)19-6-4-17(2)5-7-19)23(29)25-10-8-18(9-11-25)22(28)26-12-14-30-15-13-26/h4-7,16,18H,3,8-15H2,1-2H3. The second-order valence-corrected chi connectivity index (χ2v) is 8.11. The minimum Gasteiger partial charge on any atom is -0.378 e. The third-order valence-corrected chi connectivity index (χ3v) is 6.17. The molecule has 0 saturated carbocycles. The van der Waals surface area contributed by atoms with Gasteiger partial charge in [-0.1, -0.05) is 24.6 Å². The highest BCUT2D eigenvalue weighted by atomic mass is 16.5. The summed E-state index contributed by atoms with van der Waals surface area (Å²) in [6, 6.07) is 8.15. The first-order chi connectivity index (χ1) is 14.6. The number of aromatic nitrogens is 2. The zero-order valence-corrected chi connectivity index (χ0v) is 17.8. The Bertz CT molecular complexity index is 892. The fourth-order valence-corrected chi connectivity index (χ4v) is 4.34. The Hall–Kier alpha value is -2.67. The molecule has 2 saturated heterocycles. The molecule has 0 radical (unpaired) electrons. The summed E-state index contributed by atoms with van der Waals surface area (Å²) in [6.45, 7) is 7.91. The predicted octanol–water partition coefficient (Wildman–Crippen LogP) is 2.45. The van der Waals surface area contributed by atoms with E-state index >= 15 is 0 Å². The van der Waals surface area contributed by atoms with Crippen molar-refractivity contribution in [1.29, 1.82) is 0 Å². The molecule has 1 aromatic heterocycles. The van der Waals surface area contributed by atoms with Gasteiger partial charge >= 0.3 is 0 Å². The molecule has 160 valence electrons. The summed E-state index contributed by atoms with van der Waals surface area (Å²) < 4.78 is 7.20. The van der Waals surface area contributed by atoms with Crippen LogP contribution in [0.15, 0.2) is 30.5 Å². The lowest BCUT2D eigenvalue weighted by molar-refractivity contribution is -0.141. The fraction of sp³-hybridized carbons (Fsp3) is 0.522. The van der Waals surface area contributed by atoms with Crippen molar-refractivity contribution in [2.24, 2.45) is 5.92 Å². The number of aryl methyl sites for hydroxylation is 1. The molecule has 0 atom stereocenters. The van der Waals surface area contributed by atoms with Gasteiger partial charge in [0.15, 0.2) is 0 Å². The van der Waals surface area contributed by atoms with Crippen LogP contribution >= 0.6 is 0 Å². The number of benzene rings is 1. The fourth-order valence-electron chi connectivity index (χ4n) is 4.34. The van der Waals surface area contributed by atoms with Crippen molar-refractivity contribution in [1.82, 2.24) is 19.6 Å². The number of ether oxygens (including phenoxy) is 1.